The second-order valence-corrected chi connectivity index (χ2v) is 15.3. The molecule has 0 spiro atoms. The first-order chi connectivity index (χ1) is 24.4. The molecular weight excluding hydrogens is 819 g/mol. The molecule has 1 aliphatic rings. The summed E-state index contributed by atoms with van der Waals surface area (Å²) >= 11 is 0. The van der Waals surface area contributed by atoms with Gasteiger partial charge in [0.05, 0.1) is 9.52 Å². The van der Waals surface area contributed by atoms with Gasteiger partial charge in [0.2, 0.25) is 0 Å². The van der Waals surface area contributed by atoms with Crippen LogP contribution >= 0.6 is 0 Å². The molecule has 2 radical (unpaired) electrons. The third-order valence-electron chi connectivity index (χ3n) is 10.8. The van der Waals surface area contributed by atoms with Gasteiger partial charge in [-0.3, -0.25) is 0 Å². The molecule has 8 rings (SSSR count). The van der Waals surface area contributed by atoms with E-state index >= 15 is 0 Å². The predicted octanol–water partition coefficient (Wildman–Crippen LogP) is 13.4. The van der Waals surface area contributed by atoms with Gasteiger partial charge >= 0.3 is 25.8 Å². The van der Waals surface area contributed by atoms with E-state index in [1.165, 1.54) is 99.0 Å². The zero-order valence-corrected chi connectivity index (χ0v) is 36.6. The van der Waals surface area contributed by atoms with Gasteiger partial charge in [-0.15, -0.1) is 34.2 Å². The maximum absolute atomic E-state index is 4.31. The van der Waals surface area contributed by atoms with E-state index in [1.54, 1.807) is 0 Å². The first kappa shape index (κ1) is 40.0. The number of fused-ring (bicyclic) bond motifs is 2. The van der Waals surface area contributed by atoms with E-state index in [1.807, 2.05) is 0 Å². The predicted molar refractivity (Wildman–Crippen MR) is 230 cm³/mol. The fourth-order valence-electron chi connectivity index (χ4n) is 8.43. The standard InChI is InChI=1S/C49H42Si.2CH3.Hf/c1-6-15-44-43-23-14-22-42(40-27-25-32(3)49(34(40)5)36-18-11-8-12-19-36)46(43)30-47(44)50-38-28-37-20-13-21-41(45(37)29-38)39-26-24-31(2)48(33(39)4)35-16-9-7-10-17-35;;;/h7-14,16-30,44H,1,6,15H2,2-5H3;2*1H3;/q-2;2*-1;+4. The quantitative estimate of drug-likeness (QED) is 0.105. The second-order valence-electron chi connectivity index (χ2n) is 13.9. The molecule has 0 bridgehead atoms. The molecule has 1 aliphatic carbocycles. The molecule has 7 aromatic rings. The summed E-state index contributed by atoms with van der Waals surface area (Å²) in [5.74, 6) is 0.394. The van der Waals surface area contributed by atoms with Crippen LogP contribution < -0.4 is 5.19 Å². The van der Waals surface area contributed by atoms with Gasteiger partial charge in [-0.05, 0) is 106 Å². The van der Waals surface area contributed by atoms with E-state index in [9.17, 15) is 0 Å². The van der Waals surface area contributed by atoms with E-state index in [2.05, 4.69) is 174 Å². The molecule has 2 heteroatoms. The Morgan fingerprint density at radius 3 is 1.74 bits per heavy atom. The van der Waals surface area contributed by atoms with E-state index < -0.39 is 0 Å². The van der Waals surface area contributed by atoms with E-state index in [-0.39, 0.29) is 40.7 Å². The molecule has 0 amide bonds. The largest absolute Gasteiger partial charge is 4.00 e. The third kappa shape index (κ3) is 7.33. The van der Waals surface area contributed by atoms with E-state index in [0.717, 1.165) is 12.8 Å². The summed E-state index contributed by atoms with van der Waals surface area (Å²) in [4.78, 5) is 0. The Morgan fingerprint density at radius 2 is 1.15 bits per heavy atom. The minimum absolute atomic E-state index is 0. The molecule has 0 fully saturated rings. The van der Waals surface area contributed by atoms with E-state index in [4.69, 9.17) is 0 Å². The SMILES string of the molecule is [CH2-]CCC1C([Si]c2cc3c(-c4ccc(C)c(-c5ccccc5)c4C)cccc3[cH-]2)=Cc2c(-c3ccc(C)c(-c4ccccc4)c3C)cccc21.[CH3-].[CH3-].[Hf+4]. The smallest absolute Gasteiger partial charge is 0.358 e. The molecule has 0 nitrogen and oxygen atoms in total. The normalized spacial score (nSPS) is 13.1. The molecule has 0 saturated heterocycles. The van der Waals surface area contributed by atoms with Crippen molar-refractivity contribution in [2.45, 2.75) is 46.5 Å². The van der Waals surface area contributed by atoms with Crippen molar-refractivity contribution in [2.75, 3.05) is 0 Å². The Labute approximate surface area is 340 Å². The third-order valence-corrected chi connectivity index (χ3v) is 12.1. The topological polar surface area (TPSA) is 0 Å². The van der Waals surface area contributed by atoms with Crippen molar-refractivity contribution in [2.24, 2.45) is 0 Å². The van der Waals surface area contributed by atoms with Crippen LogP contribution in [0, 0.1) is 49.5 Å². The molecule has 0 N–H and O–H groups in total. The Hall–Kier alpha value is -4.24. The molecule has 0 heterocycles. The van der Waals surface area contributed by atoms with Crippen molar-refractivity contribution < 1.29 is 25.8 Å². The number of allylic oxidation sites excluding steroid dienone is 1. The first-order valence-electron chi connectivity index (χ1n) is 17.8. The van der Waals surface area contributed by atoms with Gasteiger partial charge in [-0.2, -0.15) is 12.5 Å². The fraction of sp³-hybridized carbons (Fsp3) is 0.137. The number of hydrogen-bond donors (Lipinski definition) is 0. The van der Waals surface area contributed by atoms with Gasteiger partial charge in [0, 0.05) is 0 Å². The number of hydrogen-bond acceptors (Lipinski definition) is 0. The Kier molecular flexibility index (Phi) is 12.7. The molecule has 7 aromatic carbocycles. The number of benzene rings is 6. The summed E-state index contributed by atoms with van der Waals surface area (Å²) in [6.45, 7) is 13.4. The maximum atomic E-state index is 4.31. The fourth-order valence-corrected chi connectivity index (χ4v) is 9.90. The van der Waals surface area contributed by atoms with Crippen LogP contribution in [-0.2, 0) is 25.8 Å². The van der Waals surface area contributed by atoms with Crippen molar-refractivity contribution in [1.29, 1.82) is 0 Å². The summed E-state index contributed by atoms with van der Waals surface area (Å²) in [5, 5.41) is 5.60. The Morgan fingerprint density at radius 1 is 0.604 bits per heavy atom. The van der Waals surface area contributed by atoms with Crippen LogP contribution in [0.3, 0.4) is 0 Å². The zero-order valence-electron chi connectivity index (χ0n) is 32.0. The van der Waals surface area contributed by atoms with Crippen LogP contribution in [0.2, 0.25) is 0 Å². The maximum Gasteiger partial charge on any atom is 4.00 e. The Bertz CT molecular complexity index is 2390. The van der Waals surface area contributed by atoms with Crippen molar-refractivity contribution >= 4 is 31.6 Å². The van der Waals surface area contributed by atoms with Crippen LogP contribution in [0.1, 0.15) is 52.1 Å². The van der Waals surface area contributed by atoms with Crippen LogP contribution in [0.15, 0.2) is 139 Å². The monoisotopic (exact) mass is 868 g/mol. The molecule has 260 valence electrons. The van der Waals surface area contributed by atoms with Crippen molar-refractivity contribution in [3.8, 4) is 44.5 Å². The molecule has 0 saturated carbocycles. The molecule has 1 unspecified atom stereocenters. The molecule has 1 atom stereocenters. The average Bonchev–Trinajstić information content (AvgIpc) is 3.70. The van der Waals surface area contributed by atoms with Gasteiger partial charge < -0.3 is 21.8 Å². The summed E-state index contributed by atoms with van der Waals surface area (Å²) in [6.07, 6.45) is 4.51. The van der Waals surface area contributed by atoms with Crippen molar-refractivity contribution in [1.82, 2.24) is 0 Å². The Balaban J connectivity index is 0.00000180. The van der Waals surface area contributed by atoms with E-state index in [0.29, 0.717) is 15.4 Å². The summed E-state index contributed by atoms with van der Waals surface area (Å²) in [7, 11) is 0.610. The zero-order chi connectivity index (χ0) is 34.4. The summed E-state index contributed by atoms with van der Waals surface area (Å²) < 4.78 is 0. The number of aryl methyl sites for hydroxylation is 2. The van der Waals surface area contributed by atoms with Crippen LogP contribution in [0.5, 0.6) is 0 Å². The van der Waals surface area contributed by atoms with Gasteiger partial charge in [0.25, 0.3) is 0 Å². The molecular formula is C51H48HfSi. The van der Waals surface area contributed by atoms with Crippen molar-refractivity contribution in [3.63, 3.8) is 0 Å². The summed E-state index contributed by atoms with van der Waals surface area (Å²) in [5.41, 5.74) is 18.7. The van der Waals surface area contributed by atoms with Crippen LogP contribution in [-0.4, -0.2) is 9.52 Å². The molecule has 53 heavy (non-hydrogen) atoms. The van der Waals surface area contributed by atoms with Gasteiger partial charge in [-0.25, -0.2) is 0 Å². The first-order valence-corrected chi connectivity index (χ1v) is 18.8. The van der Waals surface area contributed by atoms with Crippen molar-refractivity contribution in [3.05, 3.63) is 194 Å². The van der Waals surface area contributed by atoms with Gasteiger partial charge in [0.15, 0.2) is 0 Å². The molecule has 0 aromatic heterocycles. The summed E-state index contributed by atoms with van der Waals surface area (Å²) in [6, 6.07) is 49.5. The van der Waals surface area contributed by atoms with Crippen LogP contribution in [0.25, 0.3) is 61.4 Å². The average molecular weight is 868 g/mol. The van der Waals surface area contributed by atoms with Gasteiger partial charge in [0.1, 0.15) is 0 Å². The number of rotatable bonds is 8. The molecule has 0 aliphatic heterocycles. The van der Waals surface area contributed by atoms with Gasteiger partial charge in [-0.1, -0.05) is 132 Å². The van der Waals surface area contributed by atoms with Crippen LogP contribution in [0.4, 0.5) is 0 Å². The minimum Gasteiger partial charge on any atom is -0.358 e. The second kappa shape index (κ2) is 16.8. The minimum atomic E-state index is 0.